The van der Waals surface area contributed by atoms with Crippen molar-refractivity contribution in [3.05, 3.63) is 41.0 Å². The van der Waals surface area contributed by atoms with Crippen LogP contribution in [-0.4, -0.2) is 13.0 Å². The standard InChI is InChI=1S/C49H86O3S.Na/c1-4-7-10-13-16-19-22-25-28-31-34-39-44-45(40-35-32-29-26-23-20-17-14-11-8-5-2)47(42-36-33-30-27-24-21-18-15-12-9-6-3)49(53(50,51)52)48-43-38-37-41-46(44)48;/h37-38,41,43H,4-36,39-40,42H2,1-3H3,(H,50,51,52);/q;+1/p-1. The zero-order chi connectivity index (χ0) is 38.2. The molecule has 0 N–H and O–H groups in total. The van der Waals surface area contributed by atoms with E-state index in [0.717, 1.165) is 49.5 Å². The molecule has 0 saturated heterocycles. The quantitative estimate of drug-likeness (QED) is 0.0390. The molecule has 0 atom stereocenters. The van der Waals surface area contributed by atoms with E-state index < -0.39 is 10.1 Å². The van der Waals surface area contributed by atoms with Gasteiger partial charge in [0.2, 0.25) is 0 Å². The van der Waals surface area contributed by atoms with Crippen LogP contribution in [0.5, 0.6) is 0 Å². The summed E-state index contributed by atoms with van der Waals surface area (Å²) in [4.78, 5) is 0.0981. The van der Waals surface area contributed by atoms with Crippen molar-refractivity contribution in [3.63, 3.8) is 0 Å². The maximum absolute atomic E-state index is 13.1. The molecule has 0 heterocycles. The number of hydrogen-bond donors (Lipinski definition) is 0. The molecule has 0 fully saturated rings. The molecule has 0 aliphatic heterocycles. The predicted molar refractivity (Wildman–Crippen MR) is 232 cm³/mol. The van der Waals surface area contributed by atoms with Gasteiger partial charge < -0.3 is 4.55 Å². The molecule has 0 amide bonds. The van der Waals surface area contributed by atoms with Crippen molar-refractivity contribution < 1.29 is 42.5 Å². The van der Waals surface area contributed by atoms with E-state index in [2.05, 4.69) is 26.8 Å². The van der Waals surface area contributed by atoms with Gasteiger partial charge in [-0.05, 0) is 66.0 Å². The van der Waals surface area contributed by atoms with Crippen LogP contribution in [0.1, 0.15) is 249 Å². The molecule has 0 bridgehead atoms. The molecule has 0 aliphatic carbocycles. The first-order chi connectivity index (χ1) is 26.0. The summed E-state index contributed by atoms with van der Waals surface area (Å²) >= 11 is 0. The molecule has 0 spiro atoms. The van der Waals surface area contributed by atoms with Gasteiger partial charge in [-0.3, -0.25) is 0 Å². The monoisotopic (exact) mass is 777 g/mol. The molecule has 2 aromatic carbocycles. The Kier molecular flexibility index (Phi) is 33.1. The summed E-state index contributed by atoms with van der Waals surface area (Å²) < 4.78 is 39.3. The van der Waals surface area contributed by atoms with Crippen molar-refractivity contribution in [2.24, 2.45) is 0 Å². The third kappa shape index (κ3) is 23.1. The first-order valence-corrected chi connectivity index (χ1v) is 24.9. The molecule has 2 aromatic rings. The minimum Gasteiger partial charge on any atom is -0.744 e. The maximum atomic E-state index is 13.1. The van der Waals surface area contributed by atoms with Gasteiger partial charge in [0.05, 0.1) is 4.90 Å². The number of unbranched alkanes of at least 4 members (excludes halogenated alkanes) is 30. The Morgan fingerprint density at radius 2 is 0.630 bits per heavy atom. The van der Waals surface area contributed by atoms with E-state index in [9.17, 15) is 13.0 Å². The van der Waals surface area contributed by atoms with Crippen molar-refractivity contribution in [1.29, 1.82) is 0 Å². The molecule has 0 aliphatic rings. The first kappa shape index (κ1) is 51.6. The number of benzene rings is 2. The van der Waals surface area contributed by atoms with Crippen LogP contribution in [0, 0.1) is 0 Å². The first-order valence-electron chi connectivity index (χ1n) is 23.5. The van der Waals surface area contributed by atoms with Gasteiger partial charge in [-0.1, -0.05) is 238 Å². The van der Waals surface area contributed by atoms with Crippen molar-refractivity contribution in [1.82, 2.24) is 0 Å². The molecule has 3 nitrogen and oxygen atoms in total. The van der Waals surface area contributed by atoms with Crippen LogP contribution in [-0.2, 0) is 29.4 Å². The SMILES string of the molecule is CCCCCCCCCCCCCc1c(CCCCCCCCCCCCC)c(S(=O)(=O)[O-])c2ccccc2c1CCCCCCCCCCCCC.[Na+]. The van der Waals surface area contributed by atoms with E-state index in [1.54, 1.807) is 0 Å². The van der Waals surface area contributed by atoms with Crippen LogP contribution in [0.3, 0.4) is 0 Å². The second-order valence-electron chi connectivity index (χ2n) is 16.6. The summed E-state index contributed by atoms with van der Waals surface area (Å²) in [6, 6.07) is 7.94. The molecular formula is C49H85NaO3S. The molecule has 0 unspecified atom stereocenters. The Balaban J connectivity index is 0.0000146. The van der Waals surface area contributed by atoms with Crippen LogP contribution in [0.15, 0.2) is 29.2 Å². The normalized spacial score (nSPS) is 11.8. The number of aryl methyl sites for hydroxylation is 1. The van der Waals surface area contributed by atoms with E-state index in [1.807, 2.05) is 18.2 Å². The summed E-state index contributed by atoms with van der Waals surface area (Å²) in [6.45, 7) is 6.83. The summed E-state index contributed by atoms with van der Waals surface area (Å²) in [7, 11) is -4.61. The largest absolute Gasteiger partial charge is 1.00 e. The topological polar surface area (TPSA) is 57.2 Å². The smallest absolute Gasteiger partial charge is 0.744 e. The van der Waals surface area contributed by atoms with Gasteiger partial charge in [-0.15, -0.1) is 0 Å². The molecular weight excluding hydrogens is 692 g/mol. The summed E-state index contributed by atoms with van der Waals surface area (Å²) in [6.07, 6.45) is 45.3. The van der Waals surface area contributed by atoms with Gasteiger partial charge in [0.15, 0.2) is 0 Å². The minimum atomic E-state index is -4.61. The fourth-order valence-electron chi connectivity index (χ4n) is 8.62. The Morgan fingerprint density at radius 3 is 0.944 bits per heavy atom. The average Bonchev–Trinajstić information content (AvgIpc) is 3.14. The third-order valence-corrected chi connectivity index (χ3v) is 12.8. The molecule has 306 valence electrons. The third-order valence-electron chi connectivity index (χ3n) is 11.8. The number of rotatable bonds is 37. The summed E-state index contributed by atoms with van der Waals surface area (Å²) in [5, 5.41) is 1.68. The van der Waals surface area contributed by atoms with Crippen LogP contribution < -0.4 is 29.6 Å². The average molecular weight is 777 g/mol. The summed E-state index contributed by atoms with van der Waals surface area (Å²) in [5.41, 5.74) is 3.43. The van der Waals surface area contributed by atoms with Crippen molar-refractivity contribution in [2.75, 3.05) is 0 Å². The van der Waals surface area contributed by atoms with Crippen LogP contribution >= 0.6 is 0 Å². The van der Waals surface area contributed by atoms with E-state index in [0.29, 0.717) is 11.8 Å². The molecule has 2 rings (SSSR count). The van der Waals surface area contributed by atoms with Gasteiger partial charge in [-0.2, -0.15) is 0 Å². The van der Waals surface area contributed by atoms with Crippen molar-refractivity contribution >= 4 is 20.9 Å². The molecule has 5 heteroatoms. The van der Waals surface area contributed by atoms with Gasteiger partial charge in [0, 0.05) is 0 Å². The predicted octanol–water partition coefficient (Wildman–Crippen LogP) is 13.3. The van der Waals surface area contributed by atoms with E-state index in [-0.39, 0.29) is 34.5 Å². The molecule has 54 heavy (non-hydrogen) atoms. The Hall–Kier alpha value is -0.390. The Bertz CT molecular complexity index is 1270. The zero-order valence-corrected chi connectivity index (χ0v) is 39.2. The van der Waals surface area contributed by atoms with Gasteiger partial charge in [-0.25, -0.2) is 8.42 Å². The Morgan fingerprint density at radius 1 is 0.370 bits per heavy atom. The second kappa shape index (κ2) is 34.6. The van der Waals surface area contributed by atoms with E-state index in [1.165, 1.54) is 197 Å². The Labute approximate surface area is 358 Å². The van der Waals surface area contributed by atoms with Crippen molar-refractivity contribution in [2.45, 2.75) is 257 Å². The zero-order valence-electron chi connectivity index (χ0n) is 36.4. The molecule has 0 aromatic heterocycles. The van der Waals surface area contributed by atoms with Gasteiger partial charge >= 0.3 is 29.6 Å². The molecule has 0 saturated carbocycles. The van der Waals surface area contributed by atoms with Gasteiger partial charge in [0.1, 0.15) is 10.1 Å². The fourth-order valence-corrected chi connectivity index (χ4v) is 9.60. The number of hydrogen-bond acceptors (Lipinski definition) is 3. The molecule has 0 radical (unpaired) electrons. The second-order valence-corrected chi connectivity index (χ2v) is 17.9. The van der Waals surface area contributed by atoms with Gasteiger partial charge in [0.25, 0.3) is 0 Å². The van der Waals surface area contributed by atoms with E-state index >= 15 is 0 Å². The van der Waals surface area contributed by atoms with Crippen LogP contribution in [0.2, 0.25) is 0 Å². The maximum Gasteiger partial charge on any atom is 1.00 e. The van der Waals surface area contributed by atoms with Crippen LogP contribution in [0.4, 0.5) is 0 Å². The summed E-state index contributed by atoms with van der Waals surface area (Å²) in [5.74, 6) is 0. The van der Waals surface area contributed by atoms with E-state index in [4.69, 9.17) is 0 Å². The fraction of sp³-hybridized carbons (Fsp3) is 0.796. The van der Waals surface area contributed by atoms with Crippen LogP contribution in [0.25, 0.3) is 10.8 Å². The minimum absolute atomic E-state index is 0. The number of fused-ring (bicyclic) bond motifs is 1. The van der Waals surface area contributed by atoms with Crippen molar-refractivity contribution in [3.8, 4) is 0 Å².